The third-order valence-electron chi connectivity index (χ3n) is 5.29. The number of nitrogens with two attached hydrogens (primary N) is 1. The van der Waals surface area contributed by atoms with Crippen LogP contribution in [0.3, 0.4) is 0 Å². The minimum atomic E-state index is 0.363. The molecule has 0 bridgehead atoms. The number of hydrogen-bond donors (Lipinski definition) is 2. The summed E-state index contributed by atoms with van der Waals surface area (Å²) in [5, 5.41) is 16.1. The van der Waals surface area contributed by atoms with E-state index >= 15 is 0 Å². The molecule has 0 radical (unpaired) electrons. The summed E-state index contributed by atoms with van der Waals surface area (Å²) in [5.41, 5.74) is 10.00. The average Bonchev–Trinajstić information content (AvgIpc) is 3.36. The highest BCUT2D eigenvalue weighted by Gasteiger charge is 2.19. The number of halogens is 1. The predicted molar refractivity (Wildman–Crippen MR) is 122 cm³/mol. The number of nitrogens with one attached hydrogen (secondary N) is 1. The molecule has 1 aromatic carbocycles. The molecule has 1 aliphatic heterocycles. The van der Waals surface area contributed by atoms with Crippen molar-refractivity contribution in [3.63, 3.8) is 0 Å². The van der Waals surface area contributed by atoms with E-state index in [0.29, 0.717) is 33.7 Å². The molecule has 0 unspecified atom stereocenters. The number of tetrazole rings is 1. The number of pyridine rings is 1. The topological polar surface area (TPSA) is 104 Å². The molecule has 0 spiro atoms. The smallest absolute Gasteiger partial charge is 0.190 e. The van der Waals surface area contributed by atoms with Gasteiger partial charge in [0.1, 0.15) is 11.6 Å². The predicted octanol–water partition coefficient (Wildman–Crippen LogP) is 3.39. The molecule has 4 heterocycles. The van der Waals surface area contributed by atoms with Gasteiger partial charge in [-0.1, -0.05) is 11.6 Å². The van der Waals surface area contributed by atoms with E-state index in [1.54, 1.807) is 30.1 Å². The van der Waals surface area contributed by atoms with Crippen LogP contribution in [0.4, 0.5) is 5.82 Å². The van der Waals surface area contributed by atoms with E-state index in [0.717, 1.165) is 31.5 Å². The molecular weight excluding hydrogens is 434 g/mol. The standard InChI is InChI=1S/C21H20ClN7OS/c1-30-17-3-2-14(10-16(17)22)29-21(26-27-28-29)15-8-13(11-25-20(15)23)19-9-12-4-6-24-7-5-18(12)31-19/h2-3,8-11,24H,4-7H2,1H3,(H2,23,25). The molecule has 3 N–H and O–H groups in total. The fraction of sp³-hybridized carbons (Fsp3) is 0.238. The highest BCUT2D eigenvalue weighted by Crippen LogP contribution is 2.36. The largest absolute Gasteiger partial charge is 0.495 e. The molecule has 0 amide bonds. The van der Waals surface area contributed by atoms with Crippen LogP contribution in [0.25, 0.3) is 27.5 Å². The van der Waals surface area contributed by atoms with E-state index in [1.165, 1.54) is 15.3 Å². The Hall–Kier alpha value is -3.01. The van der Waals surface area contributed by atoms with Gasteiger partial charge in [0.2, 0.25) is 0 Å². The fourth-order valence-electron chi connectivity index (χ4n) is 3.69. The number of hydrogen-bond acceptors (Lipinski definition) is 8. The lowest BCUT2D eigenvalue weighted by Gasteiger charge is -2.09. The average molecular weight is 454 g/mol. The lowest BCUT2D eigenvalue weighted by Crippen LogP contribution is -2.16. The maximum absolute atomic E-state index is 6.30. The van der Waals surface area contributed by atoms with Gasteiger partial charge in [-0.3, -0.25) is 0 Å². The first kappa shape index (κ1) is 19.9. The minimum absolute atomic E-state index is 0.363. The third-order valence-corrected chi connectivity index (χ3v) is 6.87. The van der Waals surface area contributed by atoms with Crippen molar-refractivity contribution in [1.82, 2.24) is 30.5 Å². The maximum Gasteiger partial charge on any atom is 0.190 e. The van der Waals surface area contributed by atoms with E-state index in [9.17, 15) is 0 Å². The van der Waals surface area contributed by atoms with Crippen LogP contribution in [0.15, 0.2) is 36.5 Å². The number of ether oxygens (including phenoxy) is 1. The normalized spacial score (nSPS) is 13.6. The van der Waals surface area contributed by atoms with E-state index in [2.05, 4.69) is 31.9 Å². The first-order valence-corrected chi connectivity index (χ1v) is 11.0. The molecule has 0 saturated carbocycles. The molecular formula is C21H20ClN7OS. The van der Waals surface area contributed by atoms with Crippen molar-refractivity contribution >= 4 is 28.8 Å². The van der Waals surface area contributed by atoms with Gasteiger partial charge in [0.25, 0.3) is 0 Å². The van der Waals surface area contributed by atoms with Crippen LogP contribution in [0, 0.1) is 0 Å². The molecule has 0 aliphatic carbocycles. The summed E-state index contributed by atoms with van der Waals surface area (Å²) in [5.74, 6) is 1.44. The number of rotatable bonds is 4. The van der Waals surface area contributed by atoms with Crippen molar-refractivity contribution in [3.05, 3.63) is 52.0 Å². The van der Waals surface area contributed by atoms with Gasteiger partial charge >= 0.3 is 0 Å². The van der Waals surface area contributed by atoms with E-state index in [4.69, 9.17) is 22.1 Å². The molecule has 3 aromatic heterocycles. The molecule has 0 saturated heterocycles. The molecule has 4 aromatic rings. The van der Waals surface area contributed by atoms with Crippen LogP contribution >= 0.6 is 22.9 Å². The number of nitrogens with zero attached hydrogens (tertiary/aromatic N) is 5. The SMILES string of the molecule is COc1ccc(-n2nnnc2-c2cc(-c3cc4c(s3)CCNCC4)cnc2N)cc1Cl. The second-order valence-corrected chi connectivity index (χ2v) is 8.74. The molecule has 8 nitrogen and oxygen atoms in total. The summed E-state index contributed by atoms with van der Waals surface area (Å²) in [6.45, 7) is 2.02. The van der Waals surface area contributed by atoms with Crippen molar-refractivity contribution in [2.45, 2.75) is 12.8 Å². The molecule has 31 heavy (non-hydrogen) atoms. The van der Waals surface area contributed by atoms with Crippen molar-refractivity contribution < 1.29 is 4.74 Å². The van der Waals surface area contributed by atoms with Crippen LogP contribution < -0.4 is 15.8 Å². The van der Waals surface area contributed by atoms with Crippen LogP contribution in [-0.2, 0) is 12.8 Å². The van der Waals surface area contributed by atoms with Crippen LogP contribution in [-0.4, -0.2) is 45.4 Å². The Balaban J connectivity index is 1.56. The second-order valence-electron chi connectivity index (χ2n) is 7.20. The van der Waals surface area contributed by atoms with Crippen molar-refractivity contribution in [1.29, 1.82) is 0 Å². The Morgan fingerprint density at radius 3 is 2.90 bits per heavy atom. The molecule has 158 valence electrons. The van der Waals surface area contributed by atoms with Gasteiger partial charge in [-0.05, 0) is 72.3 Å². The van der Waals surface area contributed by atoms with Gasteiger partial charge in [0, 0.05) is 21.5 Å². The minimum Gasteiger partial charge on any atom is -0.495 e. The highest BCUT2D eigenvalue weighted by molar-refractivity contribution is 7.15. The summed E-state index contributed by atoms with van der Waals surface area (Å²) in [6, 6.07) is 9.62. The Morgan fingerprint density at radius 2 is 2.06 bits per heavy atom. The summed E-state index contributed by atoms with van der Waals surface area (Å²) in [4.78, 5) is 7.03. The zero-order valence-corrected chi connectivity index (χ0v) is 18.4. The second kappa shape index (κ2) is 8.26. The molecule has 0 atom stereocenters. The Bertz CT molecular complexity index is 1230. The van der Waals surface area contributed by atoms with E-state index in [1.807, 2.05) is 23.5 Å². The van der Waals surface area contributed by atoms with Crippen LogP contribution in [0.5, 0.6) is 5.75 Å². The number of methoxy groups -OCH3 is 1. The highest BCUT2D eigenvalue weighted by atomic mass is 35.5. The number of fused-ring (bicyclic) bond motifs is 1. The van der Waals surface area contributed by atoms with Gasteiger partial charge in [0.05, 0.1) is 23.4 Å². The van der Waals surface area contributed by atoms with Gasteiger partial charge in [-0.2, -0.15) is 4.68 Å². The van der Waals surface area contributed by atoms with E-state index in [-0.39, 0.29) is 0 Å². The molecule has 0 fully saturated rings. The molecule has 10 heteroatoms. The first-order valence-electron chi connectivity index (χ1n) is 9.85. The lowest BCUT2D eigenvalue weighted by atomic mass is 10.1. The van der Waals surface area contributed by atoms with E-state index < -0.39 is 0 Å². The monoisotopic (exact) mass is 453 g/mol. The van der Waals surface area contributed by atoms with Crippen molar-refractivity contribution in [2.75, 3.05) is 25.9 Å². The molecule has 1 aliphatic rings. The van der Waals surface area contributed by atoms with Crippen LogP contribution in [0.2, 0.25) is 5.02 Å². The Kier molecular flexibility index (Phi) is 5.31. The number of benzene rings is 1. The third kappa shape index (κ3) is 3.76. The number of aromatic nitrogens is 5. The van der Waals surface area contributed by atoms with Gasteiger partial charge in [0.15, 0.2) is 5.82 Å². The Morgan fingerprint density at radius 1 is 1.19 bits per heavy atom. The number of nitrogen functional groups attached to an aromatic ring is 1. The van der Waals surface area contributed by atoms with Gasteiger partial charge in [-0.25, -0.2) is 4.98 Å². The quantitative estimate of drug-likeness (QED) is 0.488. The Labute approximate surface area is 188 Å². The summed E-state index contributed by atoms with van der Waals surface area (Å²) < 4.78 is 6.83. The lowest BCUT2D eigenvalue weighted by molar-refractivity contribution is 0.415. The number of anilines is 1. The summed E-state index contributed by atoms with van der Waals surface area (Å²) >= 11 is 8.11. The summed E-state index contributed by atoms with van der Waals surface area (Å²) in [7, 11) is 1.57. The van der Waals surface area contributed by atoms with Crippen molar-refractivity contribution in [2.24, 2.45) is 0 Å². The zero-order chi connectivity index (χ0) is 21.4. The molecule has 5 rings (SSSR count). The van der Waals surface area contributed by atoms with Gasteiger partial charge in [-0.15, -0.1) is 16.4 Å². The zero-order valence-electron chi connectivity index (χ0n) is 16.8. The number of thiophene rings is 1. The van der Waals surface area contributed by atoms with Crippen LogP contribution in [0.1, 0.15) is 10.4 Å². The fourth-order valence-corrected chi connectivity index (χ4v) is 5.13. The van der Waals surface area contributed by atoms with Crippen molar-refractivity contribution in [3.8, 4) is 33.3 Å². The summed E-state index contributed by atoms with van der Waals surface area (Å²) in [6.07, 6.45) is 3.89. The first-order chi connectivity index (χ1) is 15.1. The maximum atomic E-state index is 6.30. The van der Waals surface area contributed by atoms with Gasteiger partial charge < -0.3 is 15.8 Å².